The highest BCUT2D eigenvalue weighted by atomic mass is 32.1. The van der Waals surface area contributed by atoms with Crippen LogP contribution in [0.5, 0.6) is 0 Å². The van der Waals surface area contributed by atoms with Gasteiger partial charge in [0.25, 0.3) is 0 Å². The minimum atomic E-state index is -0.854. The number of nitro benzene ring substituents is 1. The number of thiazole rings is 1. The molecule has 106 valence electrons. The Labute approximate surface area is 118 Å². The lowest BCUT2D eigenvalue weighted by Gasteiger charge is -2.00. The summed E-state index contributed by atoms with van der Waals surface area (Å²) in [5, 5.41) is 16.2. The fourth-order valence-corrected chi connectivity index (χ4v) is 2.31. The molecule has 0 fully saturated rings. The lowest BCUT2D eigenvalue weighted by Crippen LogP contribution is -2.07. The van der Waals surface area contributed by atoms with E-state index in [-0.39, 0.29) is 0 Å². The van der Waals surface area contributed by atoms with Crippen molar-refractivity contribution in [2.75, 3.05) is 25.6 Å². The van der Waals surface area contributed by atoms with Gasteiger partial charge in [0, 0.05) is 30.7 Å². The van der Waals surface area contributed by atoms with E-state index in [1.54, 1.807) is 12.5 Å². The molecular weight excluding hydrogens is 285 g/mol. The Balaban J connectivity index is 2.19. The van der Waals surface area contributed by atoms with E-state index in [0.717, 1.165) is 6.07 Å². The first-order valence-corrected chi connectivity index (χ1v) is 6.62. The van der Waals surface area contributed by atoms with Gasteiger partial charge in [-0.05, 0) is 12.1 Å². The molecule has 0 unspecified atom stereocenters. The van der Waals surface area contributed by atoms with E-state index in [0.29, 0.717) is 29.5 Å². The van der Waals surface area contributed by atoms with Gasteiger partial charge in [-0.15, -0.1) is 11.3 Å². The largest absolute Gasteiger partial charge is 0.383 e. The number of aromatic nitrogens is 1. The first-order chi connectivity index (χ1) is 9.61. The summed E-state index contributed by atoms with van der Waals surface area (Å²) in [7, 11) is 1.60. The van der Waals surface area contributed by atoms with Crippen LogP contribution in [0, 0.1) is 15.9 Å². The minimum absolute atomic E-state index is 0.508. The molecule has 0 bridgehead atoms. The second-order valence-corrected chi connectivity index (χ2v) is 4.74. The van der Waals surface area contributed by atoms with Crippen LogP contribution >= 0.6 is 11.3 Å². The molecule has 20 heavy (non-hydrogen) atoms. The van der Waals surface area contributed by atoms with E-state index in [1.165, 1.54) is 23.5 Å². The molecule has 0 aliphatic rings. The molecular formula is C12H12FN3O3S. The third kappa shape index (κ3) is 3.28. The van der Waals surface area contributed by atoms with E-state index in [9.17, 15) is 14.5 Å². The monoisotopic (exact) mass is 297 g/mol. The molecule has 8 heteroatoms. The van der Waals surface area contributed by atoms with Crippen molar-refractivity contribution in [3.63, 3.8) is 0 Å². The fraction of sp³-hybridized carbons (Fsp3) is 0.250. The number of ether oxygens (including phenoxy) is 1. The molecule has 0 spiro atoms. The average molecular weight is 297 g/mol. The second-order valence-electron chi connectivity index (χ2n) is 3.88. The zero-order valence-electron chi connectivity index (χ0n) is 10.6. The SMILES string of the molecule is COCCNc1nc(-c2ccc(F)c([N+](=O)[O-])c2)cs1. The molecule has 1 N–H and O–H groups in total. The Kier molecular flexibility index (Phi) is 4.59. The van der Waals surface area contributed by atoms with E-state index in [4.69, 9.17) is 4.74 Å². The molecule has 0 amide bonds. The molecule has 1 aromatic carbocycles. The first-order valence-electron chi connectivity index (χ1n) is 5.74. The first kappa shape index (κ1) is 14.4. The maximum absolute atomic E-state index is 13.3. The van der Waals surface area contributed by atoms with Crippen molar-refractivity contribution < 1.29 is 14.1 Å². The average Bonchev–Trinajstić information content (AvgIpc) is 2.88. The van der Waals surface area contributed by atoms with Gasteiger partial charge in [-0.25, -0.2) is 4.98 Å². The highest BCUT2D eigenvalue weighted by Gasteiger charge is 2.16. The second kappa shape index (κ2) is 6.40. The number of benzene rings is 1. The molecule has 0 saturated heterocycles. The van der Waals surface area contributed by atoms with Gasteiger partial charge < -0.3 is 10.1 Å². The van der Waals surface area contributed by atoms with E-state index < -0.39 is 16.4 Å². The summed E-state index contributed by atoms with van der Waals surface area (Å²) in [6, 6.07) is 3.73. The molecule has 1 heterocycles. The third-order valence-corrected chi connectivity index (χ3v) is 3.33. The number of halogens is 1. The standard InChI is InChI=1S/C12H12FN3O3S/c1-19-5-4-14-12-15-10(7-20-12)8-2-3-9(13)11(6-8)16(17)18/h2-3,6-7H,4-5H2,1H3,(H,14,15). The molecule has 0 aliphatic heterocycles. The fourth-order valence-electron chi connectivity index (χ4n) is 1.56. The molecule has 0 aliphatic carbocycles. The van der Waals surface area contributed by atoms with Gasteiger partial charge in [0.2, 0.25) is 5.82 Å². The number of hydrogen-bond acceptors (Lipinski definition) is 6. The van der Waals surface area contributed by atoms with Gasteiger partial charge in [-0.1, -0.05) is 0 Å². The zero-order valence-corrected chi connectivity index (χ0v) is 11.4. The van der Waals surface area contributed by atoms with Crippen LogP contribution in [-0.2, 0) is 4.74 Å². The van der Waals surface area contributed by atoms with Crippen LogP contribution in [-0.4, -0.2) is 30.2 Å². The zero-order chi connectivity index (χ0) is 14.5. The van der Waals surface area contributed by atoms with Crippen molar-refractivity contribution >= 4 is 22.2 Å². The number of nitro groups is 1. The number of anilines is 1. The predicted molar refractivity (Wildman–Crippen MR) is 74.5 cm³/mol. The van der Waals surface area contributed by atoms with Gasteiger partial charge in [0.05, 0.1) is 17.2 Å². The van der Waals surface area contributed by atoms with Crippen molar-refractivity contribution in [2.45, 2.75) is 0 Å². The highest BCUT2D eigenvalue weighted by Crippen LogP contribution is 2.28. The summed E-state index contributed by atoms with van der Waals surface area (Å²) in [5.41, 5.74) is 0.525. The predicted octanol–water partition coefficient (Wildman–Crippen LogP) is 2.92. The Morgan fingerprint density at radius 3 is 3.05 bits per heavy atom. The van der Waals surface area contributed by atoms with Crippen LogP contribution < -0.4 is 5.32 Å². The number of methoxy groups -OCH3 is 1. The quantitative estimate of drug-likeness (QED) is 0.504. The topological polar surface area (TPSA) is 77.3 Å². The van der Waals surface area contributed by atoms with Gasteiger partial charge >= 0.3 is 5.69 Å². The van der Waals surface area contributed by atoms with Gasteiger partial charge in [0.1, 0.15) is 0 Å². The van der Waals surface area contributed by atoms with Crippen LogP contribution in [0.1, 0.15) is 0 Å². The molecule has 1 aromatic heterocycles. The van der Waals surface area contributed by atoms with Crippen molar-refractivity contribution in [1.82, 2.24) is 4.98 Å². The Bertz CT molecular complexity index is 618. The van der Waals surface area contributed by atoms with Crippen molar-refractivity contribution in [2.24, 2.45) is 0 Å². The Morgan fingerprint density at radius 2 is 2.35 bits per heavy atom. The molecule has 0 saturated carbocycles. The summed E-state index contributed by atoms with van der Waals surface area (Å²) >= 11 is 1.37. The smallest absolute Gasteiger partial charge is 0.305 e. The molecule has 2 rings (SSSR count). The number of hydrogen-bond donors (Lipinski definition) is 1. The van der Waals surface area contributed by atoms with E-state index in [1.807, 2.05) is 0 Å². The summed E-state index contributed by atoms with van der Waals surface area (Å²) in [6.45, 7) is 1.17. The summed E-state index contributed by atoms with van der Waals surface area (Å²) in [6.07, 6.45) is 0. The van der Waals surface area contributed by atoms with Crippen LogP contribution in [0.2, 0.25) is 0 Å². The molecule has 0 atom stereocenters. The van der Waals surface area contributed by atoms with Gasteiger partial charge in [-0.3, -0.25) is 10.1 Å². The minimum Gasteiger partial charge on any atom is -0.383 e. The highest BCUT2D eigenvalue weighted by molar-refractivity contribution is 7.14. The van der Waals surface area contributed by atoms with Crippen molar-refractivity contribution in [3.05, 3.63) is 39.5 Å². The van der Waals surface area contributed by atoms with Crippen molar-refractivity contribution in [3.8, 4) is 11.3 Å². The van der Waals surface area contributed by atoms with Crippen molar-refractivity contribution in [1.29, 1.82) is 0 Å². The maximum Gasteiger partial charge on any atom is 0.305 e. The van der Waals surface area contributed by atoms with Crippen LogP contribution in [0.3, 0.4) is 0 Å². The van der Waals surface area contributed by atoms with Gasteiger partial charge in [-0.2, -0.15) is 4.39 Å². The maximum atomic E-state index is 13.3. The van der Waals surface area contributed by atoms with Crippen LogP contribution in [0.15, 0.2) is 23.6 Å². The Morgan fingerprint density at radius 1 is 1.55 bits per heavy atom. The molecule has 2 aromatic rings. The van der Waals surface area contributed by atoms with Crippen LogP contribution in [0.25, 0.3) is 11.3 Å². The summed E-state index contributed by atoms with van der Waals surface area (Å²) < 4.78 is 18.2. The number of nitrogens with one attached hydrogen (secondary N) is 1. The lowest BCUT2D eigenvalue weighted by atomic mass is 10.1. The lowest BCUT2D eigenvalue weighted by molar-refractivity contribution is -0.387. The third-order valence-electron chi connectivity index (χ3n) is 2.53. The number of nitrogens with zero attached hydrogens (tertiary/aromatic N) is 2. The van der Waals surface area contributed by atoms with E-state index >= 15 is 0 Å². The summed E-state index contributed by atoms with van der Waals surface area (Å²) in [4.78, 5) is 14.2. The molecule has 0 radical (unpaired) electrons. The van der Waals surface area contributed by atoms with Gasteiger partial charge in [0.15, 0.2) is 5.13 Å². The number of rotatable bonds is 6. The molecule has 6 nitrogen and oxygen atoms in total. The summed E-state index contributed by atoms with van der Waals surface area (Å²) in [5.74, 6) is -0.854. The van der Waals surface area contributed by atoms with E-state index in [2.05, 4.69) is 10.3 Å². The normalized spacial score (nSPS) is 10.5. The van der Waals surface area contributed by atoms with Crippen LogP contribution in [0.4, 0.5) is 15.2 Å². The Hall–Kier alpha value is -2.06.